The van der Waals surface area contributed by atoms with Crippen molar-refractivity contribution in [3.05, 3.63) is 34.7 Å². The van der Waals surface area contributed by atoms with Crippen LogP contribution in [0, 0.1) is 13.8 Å². The van der Waals surface area contributed by atoms with Gasteiger partial charge in [-0.3, -0.25) is 9.89 Å². The van der Waals surface area contributed by atoms with E-state index in [0.717, 1.165) is 68.7 Å². The van der Waals surface area contributed by atoms with Crippen LogP contribution in [0.25, 0.3) is 0 Å². The monoisotopic (exact) mass is 573 g/mol. The molecule has 2 heterocycles. The summed E-state index contributed by atoms with van der Waals surface area (Å²) in [5, 5.41) is 7.51. The second-order valence-corrected chi connectivity index (χ2v) is 7.82. The van der Waals surface area contributed by atoms with Crippen LogP contribution in [-0.4, -0.2) is 82.0 Å². The molecule has 3 rings (SSSR count). The number of piperazine rings is 1. The van der Waals surface area contributed by atoms with Crippen LogP contribution >= 0.6 is 24.0 Å². The molecule has 9 nitrogen and oxygen atoms in total. The van der Waals surface area contributed by atoms with Gasteiger partial charge in [-0.1, -0.05) is 5.16 Å². The molecule has 0 aliphatic carbocycles. The van der Waals surface area contributed by atoms with Crippen LogP contribution in [0.4, 0.5) is 0 Å². The van der Waals surface area contributed by atoms with Crippen molar-refractivity contribution in [3.8, 4) is 17.2 Å². The molecule has 0 radical (unpaired) electrons. The predicted molar refractivity (Wildman–Crippen MR) is 139 cm³/mol. The number of aliphatic imine (C=N–C) groups is 1. The fraction of sp³-hybridized carbons (Fsp3) is 0.565. The Morgan fingerprint density at radius 2 is 1.70 bits per heavy atom. The summed E-state index contributed by atoms with van der Waals surface area (Å²) in [4.78, 5) is 9.21. The minimum Gasteiger partial charge on any atom is -0.493 e. The van der Waals surface area contributed by atoms with E-state index in [0.29, 0.717) is 17.2 Å². The first-order valence-corrected chi connectivity index (χ1v) is 10.9. The number of halogens is 1. The lowest BCUT2D eigenvalue weighted by molar-refractivity contribution is 0.172. The topological polar surface area (TPSA) is 84.6 Å². The van der Waals surface area contributed by atoms with Gasteiger partial charge in [0, 0.05) is 51.9 Å². The molecule has 1 fully saturated rings. The third-order valence-electron chi connectivity index (χ3n) is 5.85. The van der Waals surface area contributed by atoms with E-state index in [9.17, 15) is 0 Å². The van der Waals surface area contributed by atoms with E-state index in [1.165, 1.54) is 5.56 Å². The van der Waals surface area contributed by atoms with E-state index in [4.69, 9.17) is 18.7 Å². The van der Waals surface area contributed by atoms with Crippen LogP contribution in [0.15, 0.2) is 21.6 Å². The van der Waals surface area contributed by atoms with E-state index >= 15 is 0 Å². The second kappa shape index (κ2) is 12.9. The number of hydrogen-bond donors (Lipinski definition) is 1. The Hall–Kier alpha value is -2.21. The molecule has 1 aliphatic rings. The zero-order chi connectivity index (χ0) is 23.1. The molecule has 184 valence electrons. The van der Waals surface area contributed by atoms with Gasteiger partial charge < -0.3 is 29.0 Å². The molecule has 1 N–H and O–H groups in total. The molecule has 0 unspecified atom stereocenters. The number of aryl methyl sites for hydroxylation is 2. The molecule has 0 bridgehead atoms. The number of methoxy groups -OCH3 is 3. The number of guanidine groups is 1. The van der Waals surface area contributed by atoms with Crippen LogP contribution in [0.5, 0.6) is 17.2 Å². The van der Waals surface area contributed by atoms with Gasteiger partial charge in [-0.05, 0) is 38.0 Å². The van der Waals surface area contributed by atoms with Crippen molar-refractivity contribution in [1.29, 1.82) is 0 Å². The van der Waals surface area contributed by atoms with E-state index in [2.05, 4.69) is 25.3 Å². The number of aromatic nitrogens is 1. The SMILES string of the molecule is CN=C(NCCc1c(C)noc1C)N1CCN(Cc2cc(OC)c(OC)c(OC)c2)CC1.I. The minimum atomic E-state index is 0. The Morgan fingerprint density at radius 1 is 1.06 bits per heavy atom. The highest BCUT2D eigenvalue weighted by molar-refractivity contribution is 14.0. The van der Waals surface area contributed by atoms with Crippen molar-refractivity contribution in [2.45, 2.75) is 26.8 Å². The van der Waals surface area contributed by atoms with Crippen LogP contribution in [0.1, 0.15) is 22.6 Å². The zero-order valence-corrected chi connectivity index (χ0v) is 22.8. The summed E-state index contributed by atoms with van der Waals surface area (Å²) in [7, 11) is 6.74. The summed E-state index contributed by atoms with van der Waals surface area (Å²) in [5.41, 5.74) is 3.26. The van der Waals surface area contributed by atoms with Crippen molar-refractivity contribution in [2.75, 3.05) is 61.1 Å². The van der Waals surface area contributed by atoms with E-state index in [1.54, 1.807) is 21.3 Å². The quantitative estimate of drug-likeness (QED) is 0.294. The van der Waals surface area contributed by atoms with Gasteiger partial charge in [0.05, 0.1) is 27.0 Å². The van der Waals surface area contributed by atoms with Crippen LogP contribution in [0.2, 0.25) is 0 Å². The molecular weight excluding hydrogens is 537 g/mol. The third kappa shape index (κ3) is 6.66. The molecule has 1 saturated heterocycles. The van der Waals surface area contributed by atoms with Crippen LogP contribution in [-0.2, 0) is 13.0 Å². The average molecular weight is 573 g/mol. The fourth-order valence-corrected chi connectivity index (χ4v) is 4.09. The molecule has 1 aromatic heterocycles. The summed E-state index contributed by atoms with van der Waals surface area (Å²) in [6, 6.07) is 4.03. The number of nitrogens with one attached hydrogen (secondary N) is 1. The second-order valence-electron chi connectivity index (χ2n) is 7.82. The molecule has 0 saturated carbocycles. The number of nitrogens with zero attached hydrogens (tertiary/aromatic N) is 4. The molecule has 0 amide bonds. The van der Waals surface area contributed by atoms with Gasteiger partial charge in [0.2, 0.25) is 5.75 Å². The Balaban J connectivity index is 0.00000385. The molecule has 2 aromatic rings. The van der Waals surface area contributed by atoms with Crippen molar-refractivity contribution in [1.82, 2.24) is 20.3 Å². The molecule has 0 atom stereocenters. The number of hydrogen-bond acceptors (Lipinski definition) is 7. The van der Waals surface area contributed by atoms with Gasteiger partial charge in [0.15, 0.2) is 17.5 Å². The maximum atomic E-state index is 5.49. The first-order chi connectivity index (χ1) is 15.5. The van der Waals surface area contributed by atoms with Gasteiger partial charge in [-0.2, -0.15) is 0 Å². The normalized spacial score (nSPS) is 14.6. The van der Waals surface area contributed by atoms with Crippen molar-refractivity contribution in [3.63, 3.8) is 0 Å². The summed E-state index contributed by atoms with van der Waals surface area (Å²) in [6.45, 7) is 9.27. The summed E-state index contributed by atoms with van der Waals surface area (Å²) in [6.07, 6.45) is 0.862. The molecule has 1 aromatic carbocycles. The largest absolute Gasteiger partial charge is 0.493 e. The third-order valence-corrected chi connectivity index (χ3v) is 5.85. The standard InChI is InChI=1S/C23H35N5O4.HI/c1-16-19(17(2)32-26-16)7-8-25-23(24-3)28-11-9-27(10-12-28)15-18-13-20(29-4)22(31-6)21(14-18)30-5;/h13-14H,7-12,15H2,1-6H3,(H,24,25);1H. The lowest BCUT2D eigenvalue weighted by Crippen LogP contribution is -2.52. The van der Waals surface area contributed by atoms with Crippen molar-refractivity contribution < 1.29 is 18.7 Å². The maximum Gasteiger partial charge on any atom is 0.203 e. The lowest BCUT2D eigenvalue weighted by Gasteiger charge is -2.36. The van der Waals surface area contributed by atoms with Gasteiger partial charge in [0.1, 0.15) is 5.76 Å². The van der Waals surface area contributed by atoms with E-state index < -0.39 is 0 Å². The predicted octanol–water partition coefficient (Wildman–Crippen LogP) is 2.87. The van der Waals surface area contributed by atoms with Crippen LogP contribution in [0.3, 0.4) is 0 Å². The van der Waals surface area contributed by atoms with Gasteiger partial charge in [0.25, 0.3) is 0 Å². The summed E-state index contributed by atoms with van der Waals surface area (Å²) in [5.74, 6) is 3.81. The number of rotatable bonds is 8. The number of ether oxygens (including phenoxy) is 3. The Kier molecular flexibility index (Phi) is 10.6. The minimum absolute atomic E-state index is 0. The summed E-state index contributed by atoms with van der Waals surface area (Å²) >= 11 is 0. The Labute approximate surface area is 213 Å². The fourth-order valence-electron chi connectivity index (χ4n) is 4.09. The smallest absolute Gasteiger partial charge is 0.203 e. The highest BCUT2D eigenvalue weighted by Crippen LogP contribution is 2.38. The molecular formula is C23H36IN5O4. The molecule has 0 spiro atoms. The summed E-state index contributed by atoms with van der Waals surface area (Å²) < 4.78 is 21.6. The highest BCUT2D eigenvalue weighted by atomic mass is 127. The molecule has 1 aliphatic heterocycles. The van der Waals surface area contributed by atoms with Crippen molar-refractivity contribution in [2.24, 2.45) is 4.99 Å². The van der Waals surface area contributed by atoms with E-state index in [1.807, 2.05) is 33.0 Å². The van der Waals surface area contributed by atoms with E-state index in [-0.39, 0.29) is 24.0 Å². The van der Waals surface area contributed by atoms with Gasteiger partial charge in [-0.25, -0.2) is 0 Å². The Bertz CT molecular complexity index is 881. The highest BCUT2D eigenvalue weighted by Gasteiger charge is 2.21. The van der Waals surface area contributed by atoms with Gasteiger partial charge >= 0.3 is 0 Å². The Morgan fingerprint density at radius 3 is 2.18 bits per heavy atom. The maximum absolute atomic E-state index is 5.49. The first-order valence-electron chi connectivity index (χ1n) is 10.9. The molecule has 33 heavy (non-hydrogen) atoms. The number of benzene rings is 1. The average Bonchev–Trinajstić information content (AvgIpc) is 3.13. The lowest BCUT2D eigenvalue weighted by atomic mass is 10.1. The van der Waals surface area contributed by atoms with Crippen molar-refractivity contribution >= 4 is 29.9 Å². The van der Waals surface area contributed by atoms with Gasteiger partial charge in [-0.15, -0.1) is 24.0 Å². The first kappa shape index (κ1) is 27.0. The molecule has 10 heteroatoms. The van der Waals surface area contributed by atoms with Crippen LogP contribution < -0.4 is 19.5 Å². The zero-order valence-electron chi connectivity index (χ0n) is 20.4.